The molecular formula is C18H24Cl2N2O2S. The Kier molecular flexibility index (Phi) is 7.11. The van der Waals surface area contributed by atoms with Crippen molar-refractivity contribution in [3.63, 3.8) is 0 Å². The predicted octanol–water partition coefficient (Wildman–Crippen LogP) is 3.70. The van der Waals surface area contributed by atoms with Crippen LogP contribution in [0.1, 0.15) is 17.8 Å². The average Bonchev–Trinajstić information content (AvgIpc) is 3.17. The second-order valence-electron chi connectivity index (χ2n) is 6.62. The van der Waals surface area contributed by atoms with Gasteiger partial charge in [-0.15, -0.1) is 36.2 Å². The molecule has 0 unspecified atom stereocenters. The number of nitrogens with zero attached hydrogens (tertiary/aromatic N) is 1. The Morgan fingerprint density at radius 2 is 1.88 bits per heavy atom. The zero-order chi connectivity index (χ0) is 15.8. The van der Waals surface area contributed by atoms with Crippen LogP contribution in [-0.2, 0) is 0 Å². The summed E-state index contributed by atoms with van der Waals surface area (Å²) in [5.74, 6) is 2.05. The van der Waals surface area contributed by atoms with Gasteiger partial charge in [-0.25, -0.2) is 4.98 Å². The SMILES string of the molecule is Cc1nc(-c2ccccc2O[C@@H]2C[C@@H]3CNC[C@@H]3C[C@H]2O)cs1.Cl.Cl. The van der Waals surface area contributed by atoms with Gasteiger partial charge in [0.1, 0.15) is 11.9 Å². The van der Waals surface area contributed by atoms with Crippen molar-refractivity contribution in [2.45, 2.75) is 32.0 Å². The number of aromatic nitrogens is 1. The number of hydrogen-bond acceptors (Lipinski definition) is 5. The zero-order valence-corrected chi connectivity index (χ0v) is 16.5. The molecule has 0 bridgehead atoms. The minimum absolute atomic E-state index is 0. The third-order valence-electron chi connectivity index (χ3n) is 5.05. The van der Waals surface area contributed by atoms with Gasteiger partial charge in [0.05, 0.1) is 16.8 Å². The first-order valence-electron chi connectivity index (χ1n) is 8.27. The quantitative estimate of drug-likeness (QED) is 0.821. The second kappa shape index (κ2) is 8.69. The fraction of sp³-hybridized carbons (Fsp3) is 0.500. The predicted molar refractivity (Wildman–Crippen MR) is 106 cm³/mol. The lowest BCUT2D eigenvalue weighted by Crippen LogP contribution is -2.42. The number of fused-ring (bicyclic) bond motifs is 1. The van der Waals surface area contributed by atoms with Crippen molar-refractivity contribution < 1.29 is 9.84 Å². The zero-order valence-electron chi connectivity index (χ0n) is 14.1. The molecule has 2 aromatic rings. The molecule has 1 aromatic carbocycles. The van der Waals surface area contributed by atoms with E-state index in [1.54, 1.807) is 11.3 Å². The monoisotopic (exact) mass is 402 g/mol. The summed E-state index contributed by atoms with van der Waals surface area (Å²) in [6, 6.07) is 8.01. The molecular weight excluding hydrogens is 379 g/mol. The second-order valence-corrected chi connectivity index (χ2v) is 7.68. The van der Waals surface area contributed by atoms with E-state index in [-0.39, 0.29) is 37.0 Å². The van der Waals surface area contributed by atoms with E-state index in [9.17, 15) is 5.11 Å². The summed E-state index contributed by atoms with van der Waals surface area (Å²) in [7, 11) is 0. The lowest BCUT2D eigenvalue weighted by molar-refractivity contribution is -0.0229. The van der Waals surface area contributed by atoms with E-state index in [0.717, 1.165) is 47.9 Å². The number of halogens is 2. The third kappa shape index (κ3) is 4.29. The number of aliphatic hydroxyl groups excluding tert-OH is 1. The van der Waals surface area contributed by atoms with Gasteiger partial charge in [-0.2, -0.15) is 0 Å². The van der Waals surface area contributed by atoms with Crippen LogP contribution in [0.3, 0.4) is 0 Å². The number of ether oxygens (including phenoxy) is 1. The molecule has 2 N–H and O–H groups in total. The maximum Gasteiger partial charge on any atom is 0.129 e. The smallest absolute Gasteiger partial charge is 0.129 e. The van der Waals surface area contributed by atoms with E-state index in [1.165, 1.54) is 0 Å². The van der Waals surface area contributed by atoms with Gasteiger partial charge in [0.15, 0.2) is 0 Å². The lowest BCUT2D eigenvalue weighted by atomic mass is 9.78. The van der Waals surface area contributed by atoms with Gasteiger partial charge in [-0.05, 0) is 56.8 Å². The average molecular weight is 403 g/mol. The van der Waals surface area contributed by atoms with Crippen molar-refractivity contribution in [3.05, 3.63) is 34.7 Å². The highest BCUT2D eigenvalue weighted by Crippen LogP contribution is 2.37. The Bertz CT molecular complexity index is 697. The molecule has 7 heteroatoms. The third-order valence-corrected chi connectivity index (χ3v) is 5.82. The minimum atomic E-state index is -0.388. The number of thiazole rings is 1. The van der Waals surface area contributed by atoms with Crippen molar-refractivity contribution >= 4 is 36.2 Å². The molecule has 4 atom stereocenters. The topological polar surface area (TPSA) is 54.4 Å². The van der Waals surface area contributed by atoms with Gasteiger partial charge in [0.2, 0.25) is 0 Å². The summed E-state index contributed by atoms with van der Waals surface area (Å²) in [4.78, 5) is 4.57. The summed E-state index contributed by atoms with van der Waals surface area (Å²) in [6.07, 6.45) is 1.24. The summed E-state index contributed by atoms with van der Waals surface area (Å²) < 4.78 is 6.26. The fourth-order valence-corrected chi connectivity index (χ4v) is 4.43. The number of aryl methyl sites for hydroxylation is 1. The number of nitrogens with one attached hydrogen (secondary N) is 1. The molecule has 1 saturated carbocycles. The van der Waals surface area contributed by atoms with Gasteiger partial charge in [0, 0.05) is 10.9 Å². The van der Waals surface area contributed by atoms with Crippen molar-refractivity contribution in [2.75, 3.05) is 13.1 Å². The molecule has 138 valence electrons. The van der Waals surface area contributed by atoms with Crippen molar-refractivity contribution in [1.29, 1.82) is 0 Å². The van der Waals surface area contributed by atoms with E-state index in [2.05, 4.69) is 15.7 Å². The largest absolute Gasteiger partial charge is 0.487 e. The highest BCUT2D eigenvalue weighted by atomic mass is 35.5. The van der Waals surface area contributed by atoms with Gasteiger partial charge < -0.3 is 15.2 Å². The highest BCUT2D eigenvalue weighted by Gasteiger charge is 2.40. The van der Waals surface area contributed by atoms with Crippen LogP contribution in [0, 0.1) is 18.8 Å². The number of para-hydroxylation sites is 1. The highest BCUT2D eigenvalue weighted by molar-refractivity contribution is 7.09. The van der Waals surface area contributed by atoms with Crippen LogP contribution in [0.2, 0.25) is 0 Å². The Balaban J connectivity index is 0.00000113. The Labute approximate surface area is 164 Å². The van der Waals surface area contributed by atoms with E-state index >= 15 is 0 Å². The summed E-state index contributed by atoms with van der Waals surface area (Å²) >= 11 is 1.64. The molecule has 4 nitrogen and oxygen atoms in total. The van der Waals surface area contributed by atoms with Crippen LogP contribution in [-0.4, -0.2) is 35.4 Å². The van der Waals surface area contributed by atoms with Crippen LogP contribution in [0.5, 0.6) is 5.75 Å². The normalized spacial score (nSPS) is 27.8. The van der Waals surface area contributed by atoms with Crippen LogP contribution >= 0.6 is 36.2 Å². The van der Waals surface area contributed by atoms with Crippen molar-refractivity contribution in [1.82, 2.24) is 10.3 Å². The molecule has 0 spiro atoms. The van der Waals surface area contributed by atoms with E-state index in [0.29, 0.717) is 11.8 Å². The molecule has 0 amide bonds. The summed E-state index contributed by atoms with van der Waals surface area (Å²) in [5.41, 5.74) is 1.96. The lowest BCUT2D eigenvalue weighted by Gasteiger charge is -2.35. The maximum atomic E-state index is 10.5. The Morgan fingerprint density at radius 3 is 2.60 bits per heavy atom. The molecule has 1 saturated heterocycles. The molecule has 1 aliphatic carbocycles. The molecule has 0 radical (unpaired) electrons. The Morgan fingerprint density at radius 1 is 1.16 bits per heavy atom. The summed E-state index contributed by atoms with van der Waals surface area (Å²) in [6.45, 7) is 4.09. The summed E-state index contributed by atoms with van der Waals surface area (Å²) in [5, 5.41) is 17.0. The fourth-order valence-electron chi connectivity index (χ4n) is 3.81. The van der Waals surface area contributed by atoms with Crippen molar-refractivity contribution in [3.8, 4) is 17.0 Å². The molecule has 2 fully saturated rings. The molecule has 2 aliphatic rings. The first-order valence-corrected chi connectivity index (χ1v) is 9.15. The van der Waals surface area contributed by atoms with Crippen LogP contribution < -0.4 is 10.1 Å². The molecule has 4 rings (SSSR count). The van der Waals surface area contributed by atoms with E-state index < -0.39 is 0 Å². The molecule has 1 aliphatic heterocycles. The van der Waals surface area contributed by atoms with Crippen LogP contribution in [0.15, 0.2) is 29.6 Å². The van der Waals surface area contributed by atoms with Gasteiger partial charge in [-0.3, -0.25) is 0 Å². The molecule has 1 aromatic heterocycles. The first-order chi connectivity index (χ1) is 11.2. The van der Waals surface area contributed by atoms with Crippen LogP contribution in [0.25, 0.3) is 11.3 Å². The van der Waals surface area contributed by atoms with E-state index in [1.807, 2.05) is 31.2 Å². The van der Waals surface area contributed by atoms with Gasteiger partial charge in [-0.1, -0.05) is 12.1 Å². The van der Waals surface area contributed by atoms with Crippen molar-refractivity contribution in [2.24, 2.45) is 11.8 Å². The maximum absolute atomic E-state index is 10.5. The minimum Gasteiger partial charge on any atom is -0.487 e. The van der Waals surface area contributed by atoms with E-state index in [4.69, 9.17) is 4.74 Å². The van der Waals surface area contributed by atoms with Gasteiger partial charge in [0.25, 0.3) is 0 Å². The van der Waals surface area contributed by atoms with Crippen LogP contribution in [0.4, 0.5) is 0 Å². The number of hydrogen-bond donors (Lipinski definition) is 2. The number of aliphatic hydroxyl groups is 1. The first kappa shape index (κ1) is 20.5. The Hall–Kier alpha value is -0.850. The number of benzene rings is 1. The molecule has 25 heavy (non-hydrogen) atoms. The number of rotatable bonds is 3. The molecule has 2 heterocycles. The van der Waals surface area contributed by atoms with Gasteiger partial charge >= 0.3 is 0 Å². The standard InChI is InChI=1S/C18H22N2O2S.2ClH/c1-11-20-15(10-23-11)14-4-2-3-5-17(14)22-18-7-13-9-19-8-12(13)6-16(18)21;;/h2-5,10,12-13,16,18-19,21H,6-9H2,1H3;2*1H/t12-,13+,16+,18+;;/m0../s1.